The van der Waals surface area contributed by atoms with Crippen molar-refractivity contribution in [2.24, 2.45) is 5.11 Å². The van der Waals surface area contributed by atoms with Gasteiger partial charge in [-0.2, -0.15) is 0 Å². The highest BCUT2D eigenvalue weighted by molar-refractivity contribution is 5.88. The number of hydrogen-bond acceptors (Lipinski definition) is 4. The van der Waals surface area contributed by atoms with Crippen molar-refractivity contribution >= 4 is 17.7 Å². The summed E-state index contributed by atoms with van der Waals surface area (Å²) in [7, 11) is 0. The molecule has 1 aromatic carbocycles. The summed E-state index contributed by atoms with van der Waals surface area (Å²) in [4.78, 5) is 14.0. The van der Waals surface area contributed by atoms with Gasteiger partial charge in [0.15, 0.2) is 10.8 Å². The van der Waals surface area contributed by atoms with Crippen molar-refractivity contribution in [3.8, 4) is 0 Å². The van der Waals surface area contributed by atoms with Gasteiger partial charge in [-0.05, 0) is 19.1 Å². The van der Waals surface area contributed by atoms with Crippen LogP contribution in [0.5, 0.6) is 0 Å². The molecule has 0 saturated heterocycles. The lowest BCUT2D eigenvalue weighted by Gasteiger charge is -1.95. The molecule has 0 amide bonds. The van der Waals surface area contributed by atoms with Gasteiger partial charge in [-0.1, -0.05) is 18.2 Å². The Balaban J connectivity index is 2.88. The molecule has 0 bridgehead atoms. The quantitative estimate of drug-likeness (QED) is 0.364. The Morgan fingerprint density at radius 2 is 2.31 bits per heavy atom. The van der Waals surface area contributed by atoms with Crippen LogP contribution >= 0.6 is 0 Å². The summed E-state index contributed by atoms with van der Waals surface area (Å²) in [5, 5.41) is 3.62. The van der Waals surface area contributed by atoms with E-state index in [1.807, 2.05) is 6.07 Å². The van der Waals surface area contributed by atoms with Crippen LogP contribution in [-0.4, -0.2) is 12.6 Å². The van der Waals surface area contributed by atoms with E-state index in [1.165, 1.54) is 6.08 Å². The van der Waals surface area contributed by atoms with Crippen molar-refractivity contribution in [2.45, 2.75) is 6.92 Å². The van der Waals surface area contributed by atoms with Crippen LogP contribution in [0.1, 0.15) is 12.5 Å². The zero-order chi connectivity index (χ0) is 11.8. The highest BCUT2D eigenvalue weighted by Gasteiger charge is 2.02. The summed E-state index contributed by atoms with van der Waals surface area (Å²) in [5.41, 5.74) is 7.92. The third-order valence-electron chi connectivity index (χ3n) is 1.78. The summed E-state index contributed by atoms with van der Waals surface area (Å²) < 4.78 is 4.75. The van der Waals surface area contributed by atoms with Crippen LogP contribution in [0.4, 0.5) is 5.69 Å². The van der Waals surface area contributed by atoms with Gasteiger partial charge in [0.2, 0.25) is 4.91 Å². The Hall–Kier alpha value is -2.26. The van der Waals surface area contributed by atoms with Crippen LogP contribution < -0.4 is 4.91 Å². The standard InChI is InChI=1S/C11H12N3O2/c1-2-16-11(15)8-7-9-5-3-4-6-10(9)13-14-12/h3-8,12H,2H2,1H3/q+1/b8-7+. The lowest BCUT2D eigenvalue weighted by atomic mass is 10.1. The number of hydrogen-bond donors (Lipinski definition) is 1. The van der Waals surface area contributed by atoms with Gasteiger partial charge in [-0.25, -0.2) is 4.79 Å². The average molecular weight is 218 g/mol. The van der Waals surface area contributed by atoms with Crippen LogP contribution in [-0.2, 0) is 9.53 Å². The Morgan fingerprint density at radius 3 is 3.00 bits per heavy atom. The third-order valence-corrected chi connectivity index (χ3v) is 1.78. The van der Waals surface area contributed by atoms with Crippen molar-refractivity contribution in [3.63, 3.8) is 0 Å². The molecule has 0 aromatic heterocycles. The van der Waals surface area contributed by atoms with Crippen LogP contribution in [0, 0.1) is 5.53 Å². The number of benzene rings is 1. The second-order valence-corrected chi connectivity index (χ2v) is 2.84. The average Bonchev–Trinajstić information content (AvgIpc) is 2.29. The van der Waals surface area contributed by atoms with E-state index in [4.69, 9.17) is 10.3 Å². The number of carbonyl (C=O) groups is 1. The zero-order valence-electron chi connectivity index (χ0n) is 8.88. The van der Waals surface area contributed by atoms with Gasteiger partial charge in [0, 0.05) is 11.6 Å². The van der Waals surface area contributed by atoms with E-state index in [0.717, 1.165) is 0 Å². The Kier molecular flexibility index (Phi) is 4.63. The second kappa shape index (κ2) is 6.27. The van der Waals surface area contributed by atoms with Crippen molar-refractivity contribution in [1.82, 2.24) is 4.91 Å². The molecule has 0 atom stereocenters. The molecular weight excluding hydrogens is 206 g/mol. The zero-order valence-corrected chi connectivity index (χ0v) is 8.88. The Labute approximate surface area is 93.0 Å². The van der Waals surface area contributed by atoms with Gasteiger partial charge in [0.1, 0.15) is 5.53 Å². The van der Waals surface area contributed by atoms with Gasteiger partial charge in [-0.3, -0.25) is 0 Å². The van der Waals surface area contributed by atoms with Crippen LogP contribution in [0.25, 0.3) is 6.08 Å². The maximum Gasteiger partial charge on any atom is 0.330 e. The predicted octanol–water partition coefficient (Wildman–Crippen LogP) is 2.44. The first-order valence-electron chi connectivity index (χ1n) is 4.79. The third kappa shape index (κ3) is 3.48. The molecular formula is C11H12N3O2+. The topological polar surface area (TPSA) is 76.6 Å². The summed E-state index contributed by atoms with van der Waals surface area (Å²) in [5.74, 6) is -0.403. The number of nitrogens with zero attached hydrogens (tertiary/aromatic N) is 2. The summed E-state index contributed by atoms with van der Waals surface area (Å²) in [6.07, 6.45) is 2.91. The fourth-order valence-electron chi connectivity index (χ4n) is 1.12. The normalized spacial score (nSPS) is 9.81. The highest BCUT2D eigenvalue weighted by Crippen LogP contribution is 2.18. The van der Waals surface area contributed by atoms with Crippen LogP contribution in [0.2, 0.25) is 0 Å². The molecule has 0 radical (unpaired) electrons. The van der Waals surface area contributed by atoms with Gasteiger partial charge in [0.05, 0.1) is 6.61 Å². The lowest BCUT2D eigenvalue weighted by Crippen LogP contribution is -1.98. The number of rotatable bonds is 4. The van der Waals surface area contributed by atoms with Gasteiger partial charge >= 0.3 is 5.97 Å². The number of esters is 1. The fourth-order valence-corrected chi connectivity index (χ4v) is 1.12. The minimum absolute atomic E-state index is 0.344. The molecule has 0 unspecified atom stereocenters. The van der Waals surface area contributed by atoms with E-state index >= 15 is 0 Å². The van der Waals surface area contributed by atoms with Crippen molar-refractivity contribution < 1.29 is 9.53 Å². The summed E-state index contributed by atoms with van der Waals surface area (Å²) in [6, 6.07) is 7.09. The Bertz CT molecular complexity index is 448. The molecule has 0 spiro atoms. The summed E-state index contributed by atoms with van der Waals surface area (Å²) >= 11 is 0. The van der Waals surface area contributed by atoms with Crippen molar-refractivity contribution in [1.29, 1.82) is 5.53 Å². The SMILES string of the molecule is CCOC(=O)/C=C/c1ccccc1N=[N+]=N. The van der Waals surface area contributed by atoms with Gasteiger partial charge in [0.25, 0.3) is 0 Å². The van der Waals surface area contributed by atoms with E-state index in [1.54, 1.807) is 31.2 Å². The van der Waals surface area contributed by atoms with Gasteiger partial charge < -0.3 is 4.74 Å². The van der Waals surface area contributed by atoms with E-state index in [2.05, 4.69) is 10.0 Å². The first-order valence-corrected chi connectivity index (χ1v) is 4.79. The number of ether oxygens (including phenoxy) is 1. The minimum Gasteiger partial charge on any atom is -0.463 e. The molecule has 0 heterocycles. The van der Waals surface area contributed by atoms with E-state index in [-0.39, 0.29) is 0 Å². The molecule has 0 aliphatic rings. The molecule has 0 aliphatic heterocycles. The summed E-state index contributed by atoms with van der Waals surface area (Å²) in [6.45, 7) is 2.09. The Morgan fingerprint density at radius 1 is 1.56 bits per heavy atom. The van der Waals surface area contributed by atoms with E-state index in [9.17, 15) is 4.79 Å². The minimum atomic E-state index is -0.403. The molecule has 1 rings (SSSR count). The van der Waals surface area contributed by atoms with Gasteiger partial charge in [-0.15, -0.1) is 0 Å². The molecule has 0 aliphatic carbocycles. The van der Waals surface area contributed by atoms with Crippen LogP contribution in [0.15, 0.2) is 35.5 Å². The molecule has 82 valence electrons. The number of nitrogens with one attached hydrogen (secondary N) is 1. The molecule has 1 aromatic rings. The first kappa shape index (κ1) is 11.8. The molecule has 1 N–H and O–H groups in total. The molecule has 0 fully saturated rings. The molecule has 16 heavy (non-hydrogen) atoms. The lowest BCUT2D eigenvalue weighted by molar-refractivity contribution is -0.137. The maximum atomic E-state index is 11.1. The fraction of sp³-hybridized carbons (Fsp3) is 0.182. The predicted molar refractivity (Wildman–Crippen MR) is 59.1 cm³/mol. The maximum absolute atomic E-state index is 11.1. The number of carbonyl (C=O) groups excluding carboxylic acids is 1. The molecule has 5 heteroatoms. The monoisotopic (exact) mass is 218 g/mol. The second-order valence-electron chi connectivity index (χ2n) is 2.84. The largest absolute Gasteiger partial charge is 0.463 e. The highest BCUT2D eigenvalue weighted by atomic mass is 16.5. The van der Waals surface area contributed by atoms with E-state index in [0.29, 0.717) is 17.9 Å². The van der Waals surface area contributed by atoms with E-state index < -0.39 is 5.97 Å². The van der Waals surface area contributed by atoms with Crippen LogP contribution in [0.3, 0.4) is 0 Å². The van der Waals surface area contributed by atoms with Crippen molar-refractivity contribution in [2.75, 3.05) is 6.61 Å². The molecule has 5 nitrogen and oxygen atoms in total. The molecule has 0 saturated carbocycles. The van der Waals surface area contributed by atoms with Crippen molar-refractivity contribution in [3.05, 3.63) is 35.9 Å². The smallest absolute Gasteiger partial charge is 0.330 e. The first-order chi connectivity index (χ1) is 7.77.